The summed E-state index contributed by atoms with van der Waals surface area (Å²) in [6.07, 6.45) is 0.613. The summed E-state index contributed by atoms with van der Waals surface area (Å²) in [6.45, 7) is 8.35. The van der Waals surface area contributed by atoms with Gasteiger partial charge in [0.25, 0.3) is 0 Å². The molecule has 0 bridgehead atoms. The number of carbonyl (C=O) groups is 1. The molecule has 1 heterocycles. The van der Waals surface area contributed by atoms with Crippen LogP contribution in [0.4, 0.5) is 0 Å². The number of nitrogens with one attached hydrogen (secondary N) is 1. The largest absolute Gasteiger partial charge is 0.390 e. The molecule has 1 aliphatic heterocycles. The third-order valence-electron chi connectivity index (χ3n) is 5.09. The van der Waals surface area contributed by atoms with Crippen molar-refractivity contribution in [2.45, 2.75) is 31.9 Å². The number of hydrogen-bond acceptors (Lipinski definition) is 4. The van der Waals surface area contributed by atoms with Crippen molar-refractivity contribution in [2.75, 3.05) is 39.3 Å². The maximum atomic E-state index is 12.3. The van der Waals surface area contributed by atoms with E-state index in [1.54, 1.807) is 0 Å². The molecule has 1 fully saturated rings. The predicted octanol–water partition coefficient (Wildman–Crippen LogP) is 0.788. The van der Waals surface area contributed by atoms with Crippen LogP contribution in [0, 0.1) is 0 Å². The summed E-state index contributed by atoms with van der Waals surface area (Å²) in [6, 6.07) is 7.71. The molecule has 5 heteroatoms. The summed E-state index contributed by atoms with van der Waals surface area (Å²) in [4.78, 5) is 17.0. The molecule has 1 aliphatic carbocycles. The number of nitrogens with zero attached hydrogens (tertiary/aromatic N) is 2. The van der Waals surface area contributed by atoms with Crippen molar-refractivity contribution in [3.8, 4) is 0 Å². The first-order chi connectivity index (χ1) is 11.2. The van der Waals surface area contributed by atoms with Crippen molar-refractivity contribution in [3.05, 3.63) is 35.4 Å². The highest BCUT2D eigenvalue weighted by molar-refractivity contribution is 5.77. The van der Waals surface area contributed by atoms with E-state index in [2.05, 4.69) is 22.0 Å². The summed E-state index contributed by atoms with van der Waals surface area (Å²) in [5.41, 5.74) is 2.20. The molecule has 0 radical (unpaired) electrons. The molecule has 0 aromatic heterocycles. The first-order valence-corrected chi connectivity index (χ1v) is 8.67. The summed E-state index contributed by atoms with van der Waals surface area (Å²) in [5, 5.41) is 13.2. The van der Waals surface area contributed by atoms with Gasteiger partial charge < -0.3 is 20.2 Å². The van der Waals surface area contributed by atoms with Gasteiger partial charge in [-0.05, 0) is 17.7 Å². The Labute approximate surface area is 138 Å². The third kappa shape index (κ3) is 3.91. The molecule has 23 heavy (non-hydrogen) atoms. The number of benzene rings is 1. The Morgan fingerprint density at radius 2 is 1.91 bits per heavy atom. The zero-order valence-corrected chi connectivity index (χ0v) is 13.9. The number of carbonyl (C=O) groups excluding carboxylic acids is 1. The van der Waals surface area contributed by atoms with E-state index in [0.29, 0.717) is 12.8 Å². The van der Waals surface area contributed by atoms with Crippen LogP contribution in [-0.4, -0.2) is 66.2 Å². The summed E-state index contributed by atoms with van der Waals surface area (Å²) in [7, 11) is 0. The molecule has 1 aromatic carbocycles. The van der Waals surface area contributed by atoms with Crippen molar-refractivity contribution in [2.24, 2.45) is 0 Å². The van der Waals surface area contributed by atoms with Gasteiger partial charge in [-0.3, -0.25) is 4.79 Å². The fourth-order valence-electron chi connectivity index (χ4n) is 3.58. The maximum Gasteiger partial charge on any atom is 0.221 e. The topological polar surface area (TPSA) is 55.8 Å². The van der Waals surface area contributed by atoms with Crippen LogP contribution in [0.1, 0.15) is 30.5 Å². The number of likely N-dealkylation sites (N-methyl/N-ethyl adjacent to an activating group) is 1. The van der Waals surface area contributed by atoms with Crippen LogP contribution in [0.5, 0.6) is 0 Å². The van der Waals surface area contributed by atoms with Crippen LogP contribution < -0.4 is 5.32 Å². The van der Waals surface area contributed by atoms with E-state index in [1.807, 2.05) is 24.3 Å². The fraction of sp³-hybridized carbons (Fsp3) is 0.611. The van der Waals surface area contributed by atoms with Gasteiger partial charge in [0.1, 0.15) is 0 Å². The monoisotopic (exact) mass is 317 g/mol. The van der Waals surface area contributed by atoms with E-state index < -0.39 is 6.10 Å². The third-order valence-corrected chi connectivity index (χ3v) is 5.09. The minimum Gasteiger partial charge on any atom is -0.390 e. The SMILES string of the molecule is CCN1CCN(CCC(=O)N[C@H]2c3ccccc3C[C@H]2O)CC1. The lowest BCUT2D eigenvalue weighted by Crippen LogP contribution is -2.47. The molecule has 2 atom stereocenters. The van der Waals surface area contributed by atoms with Crippen LogP contribution in [0.2, 0.25) is 0 Å². The zero-order valence-electron chi connectivity index (χ0n) is 13.9. The quantitative estimate of drug-likeness (QED) is 0.843. The number of aliphatic hydroxyl groups excluding tert-OH is 1. The average molecular weight is 317 g/mol. The number of fused-ring (bicyclic) bond motifs is 1. The number of aliphatic hydroxyl groups is 1. The lowest BCUT2D eigenvalue weighted by molar-refractivity contribution is -0.123. The van der Waals surface area contributed by atoms with Gasteiger partial charge in [0.2, 0.25) is 5.91 Å². The highest BCUT2D eigenvalue weighted by Crippen LogP contribution is 2.31. The molecule has 1 aromatic rings. The smallest absolute Gasteiger partial charge is 0.221 e. The predicted molar refractivity (Wildman–Crippen MR) is 90.2 cm³/mol. The standard InChI is InChI=1S/C18H27N3O2/c1-2-20-9-11-21(12-10-20)8-7-17(23)19-18-15-6-4-3-5-14(15)13-16(18)22/h3-6,16,18,22H,2,7-13H2,1H3,(H,19,23)/t16-,18+/m1/s1. The molecule has 1 amide bonds. The zero-order chi connectivity index (χ0) is 16.2. The van der Waals surface area contributed by atoms with E-state index >= 15 is 0 Å². The number of amides is 1. The van der Waals surface area contributed by atoms with Crippen LogP contribution in [0.25, 0.3) is 0 Å². The molecule has 5 nitrogen and oxygen atoms in total. The maximum absolute atomic E-state index is 12.3. The van der Waals surface area contributed by atoms with Gasteiger partial charge in [-0.15, -0.1) is 0 Å². The highest BCUT2D eigenvalue weighted by atomic mass is 16.3. The summed E-state index contributed by atoms with van der Waals surface area (Å²) < 4.78 is 0. The van der Waals surface area contributed by atoms with Crippen molar-refractivity contribution in [1.82, 2.24) is 15.1 Å². The van der Waals surface area contributed by atoms with Gasteiger partial charge >= 0.3 is 0 Å². The molecule has 3 rings (SSSR count). The Bertz CT molecular complexity index is 541. The Kier molecular flexibility index (Phi) is 5.30. The second-order valence-corrected chi connectivity index (χ2v) is 6.54. The van der Waals surface area contributed by atoms with Gasteiger partial charge in [-0.25, -0.2) is 0 Å². The Morgan fingerprint density at radius 1 is 1.22 bits per heavy atom. The first-order valence-electron chi connectivity index (χ1n) is 8.67. The van der Waals surface area contributed by atoms with Crippen LogP contribution in [0.15, 0.2) is 24.3 Å². The van der Waals surface area contributed by atoms with Gasteiger partial charge in [0, 0.05) is 45.6 Å². The Hall–Kier alpha value is -1.43. The van der Waals surface area contributed by atoms with Gasteiger partial charge in [-0.1, -0.05) is 31.2 Å². The van der Waals surface area contributed by atoms with E-state index in [4.69, 9.17) is 0 Å². The fourth-order valence-corrected chi connectivity index (χ4v) is 3.58. The van der Waals surface area contributed by atoms with Crippen molar-refractivity contribution < 1.29 is 9.90 Å². The van der Waals surface area contributed by atoms with Crippen LogP contribution in [0.3, 0.4) is 0 Å². The van der Waals surface area contributed by atoms with Crippen LogP contribution >= 0.6 is 0 Å². The molecule has 0 spiro atoms. The van der Waals surface area contributed by atoms with Gasteiger partial charge in [0.15, 0.2) is 0 Å². The van der Waals surface area contributed by atoms with E-state index in [0.717, 1.165) is 50.4 Å². The van der Waals surface area contributed by atoms with Gasteiger partial charge in [-0.2, -0.15) is 0 Å². The second kappa shape index (κ2) is 7.43. The highest BCUT2D eigenvalue weighted by Gasteiger charge is 2.31. The van der Waals surface area contributed by atoms with E-state index in [1.165, 1.54) is 0 Å². The molecule has 126 valence electrons. The van der Waals surface area contributed by atoms with Crippen LogP contribution in [-0.2, 0) is 11.2 Å². The molecular formula is C18H27N3O2. The van der Waals surface area contributed by atoms with Crippen molar-refractivity contribution >= 4 is 5.91 Å². The Morgan fingerprint density at radius 3 is 2.65 bits per heavy atom. The molecular weight excluding hydrogens is 290 g/mol. The van der Waals surface area contributed by atoms with Gasteiger partial charge in [0.05, 0.1) is 12.1 Å². The van der Waals surface area contributed by atoms with E-state index in [9.17, 15) is 9.90 Å². The number of hydrogen-bond donors (Lipinski definition) is 2. The minimum atomic E-state index is -0.510. The lowest BCUT2D eigenvalue weighted by Gasteiger charge is -2.33. The molecule has 1 saturated heterocycles. The first kappa shape index (κ1) is 16.4. The second-order valence-electron chi connectivity index (χ2n) is 6.54. The average Bonchev–Trinajstić information content (AvgIpc) is 2.89. The summed E-state index contributed by atoms with van der Waals surface area (Å²) >= 11 is 0. The van der Waals surface area contributed by atoms with Crippen molar-refractivity contribution in [1.29, 1.82) is 0 Å². The molecule has 0 unspecified atom stereocenters. The number of rotatable bonds is 5. The Balaban J connectivity index is 1.47. The lowest BCUT2D eigenvalue weighted by atomic mass is 10.1. The number of piperazine rings is 1. The molecule has 0 saturated carbocycles. The minimum absolute atomic E-state index is 0.0312. The van der Waals surface area contributed by atoms with Crippen molar-refractivity contribution in [3.63, 3.8) is 0 Å². The molecule has 2 N–H and O–H groups in total. The van der Waals surface area contributed by atoms with E-state index in [-0.39, 0.29) is 11.9 Å². The normalized spacial score (nSPS) is 25.3. The molecule has 2 aliphatic rings. The summed E-state index contributed by atoms with van der Waals surface area (Å²) in [5.74, 6) is 0.0312.